The minimum atomic E-state index is -0.855. The molecule has 0 bridgehead atoms. The fourth-order valence-electron chi connectivity index (χ4n) is 1.82. The number of nitrogens with zero attached hydrogens (tertiary/aromatic N) is 1. The van der Waals surface area contributed by atoms with Crippen molar-refractivity contribution in [2.75, 3.05) is 7.05 Å². The molecule has 0 aromatic carbocycles. The monoisotopic (exact) mass is 265 g/mol. The standard InChI is InChI=1S/C13H15NO3S/c1-9-11(5-12(18-9)13(15)16)7-14(2)6-10-3-4-17-8-10/h3-5,8H,6-7H2,1-2H3,(H,15,16). The van der Waals surface area contributed by atoms with Crippen LogP contribution in [0.2, 0.25) is 0 Å². The number of furan rings is 1. The zero-order valence-electron chi connectivity index (χ0n) is 10.3. The Morgan fingerprint density at radius 1 is 1.50 bits per heavy atom. The van der Waals surface area contributed by atoms with E-state index in [1.165, 1.54) is 11.3 Å². The lowest BCUT2D eigenvalue weighted by Gasteiger charge is -2.15. The molecule has 0 unspecified atom stereocenters. The Bertz CT molecular complexity index is 530. The normalized spacial score (nSPS) is 11.1. The second kappa shape index (κ2) is 5.37. The molecule has 0 atom stereocenters. The van der Waals surface area contributed by atoms with Crippen LogP contribution in [0.4, 0.5) is 0 Å². The van der Waals surface area contributed by atoms with E-state index in [2.05, 4.69) is 4.90 Å². The van der Waals surface area contributed by atoms with Crippen LogP contribution in [0.25, 0.3) is 0 Å². The summed E-state index contributed by atoms with van der Waals surface area (Å²) >= 11 is 1.33. The van der Waals surface area contributed by atoms with Gasteiger partial charge in [0.2, 0.25) is 0 Å². The summed E-state index contributed by atoms with van der Waals surface area (Å²) in [6.07, 6.45) is 3.38. The summed E-state index contributed by atoms with van der Waals surface area (Å²) in [7, 11) is 2.00. The lowest BCUT2D eigenvalue weighted by Crippen LogP contribution is -2.16. The Kier molecular flexibility index (Phi) is 3.84. The molecule has 0 aliphatic rings. The quantitative estimate of drug-likeness (QED) is 0.903. The summed E-state index contributed by atoms with van der Waals surface area (Å²) in [5.74, 6) is -0.855. The van der Waals surface area contributed by atoms with Gasteiger partial charge in [-0.25, -0.2) is 4.79 Å². The molecule has 0 spiro atoms. The second-order valence-corrected chi connectivity index (χ2v) is 5.56. The first-order chi connectivity index (χ1) is 8.56. The number of rotatable bonds is 5. The van der Waals surface area contributed by atoms with Gasteiger partial charge < -0.3 is 9.52 Å². The van der Waals surface area contributed by atoms with Gasteiger partial charge >= 0.3 is 5.97 Å². The van der Waals surface area contributed by atoms with E-state index < -0.39 is 5.97 Å². The van der Waals surface area contributed by atoms with Gasteiger partial charge in [0.25, 0.3) is 0 Å². The highest BCUT2D eigenvalue weighted by atomic mass is 32.1. The molecule has 2 aromatic rings. The molecule has 0 aliphatic heterocycles. The van der Waals surface area contributed by atoms with E-state index in [1.54, 1.807) is 18.6 Å². The van der Waals surface area contributed by atoms with Crippen molar-refractivity contribution >= 4 is 17.3 Å². The van der Waals surface area contributed by atoms with Crippen LogP contribution in [-0.4, -0.2) is 23.0 Å². The summed E-state index contributed by atoms with van der Waals surface area (Å²) in [6, 6.07) is 3.69. The summed E-state index contributed by atoms with van der Waals surface area (Å²) in [6.45, 7) is 3.48. The Morgan fingerprint density at radius 3 is 2.83 bits per heavy atom. The Labute approximate surface area is 109 Å². The number of hydrogen-bond donors (Lipinski definition) is 1. The van der Waals surface area contributed by atoms with E-state index in [0.29, 0.717) is 4.88 Å². The van der Waals surface area contributed by atoms with Gasteiger partial charge in [-0.2, -0.15) is 0 Å². The molecule has 0 saturated carbocycles. The average molecular weight is 265 g/mol. The average Bonchev–Trinajstić information content (AvgIpc) is 2.89. The van der Waals surface area contributed by atoms with E-state index in [0.717, 1.165) is 29.1 Å². The molecule has 5 heteroatoms. The number of aromatic carboxylic acids is 1. The van der Waals surface area contributed by atoms with Crippen LogP contribution in [0.5, 0.6) is 0 Å². The van der Waals surface area contributed by atoms with E-state index in [9.17, 15) is 4.79 Å². The molecule has 0 saturated heterocycles. The summed E-state index contributed by atoms with van der Waals surface area (Å²) in [4.78, 5) is 14.5. The molecule has 0 radical (unpaired) electrons. The molecule has 0 amide bonds. The van der Waals surface area contributed by atoms with Gasteiger partial charge in [0, 0.05) is 23.5 Å². The van der Waals surface area contributed by atoms with Crippen molar-refractivity contribution in [2.45, 2.75) is 20.0 Å². The maximum Gasteiger partial charge on any atom is 0.345 e. The van der Waals surface area contributed by atoms with E-state index in [-0.39, 0.29) is 0 Å². The highest BCUT2D eigenvalue weighted by molar-refractivity contribution is 7.14. The first-order valence-corrected chi connectivity index (χ1v) is 6.40. The Balaban J connectivity index is 2.02. The summed E-state index contributed by atoms with van der Waals surface area (Å²) < 4.78 is 5.02. The van der Waals surface area contributed by atoms with E-state index in [4.69, 9.17) is 9.52 Å². The van der Waals surface area contributed by atoms with Crippen molar-refractivity contribution in [2.24, 2.45) is 0 Å². The molecule has 0 fully saturated rings. The van der Waals surface area contributed by atoms with Crippen LogP contribution in [-0.2, 0) is 13.1 Å². The van der Waals surface area contributed by atoms with Gasteiger partial charge in [-0.05, 0) is 31.7 Å². The predicted molar refractivity (Wildman–Crippen MR) is 69.9 cm³/mol. The van der Waals surface area contributed by atoms with Crippen LogP contribution < -0.4 is 0 Å². The van der Waals surface area contributed by atoms with E-state index >= 15 is 0 Å². The van der Waals surface area contributed by atoms with Gasteiger partial charge in [-0.1, -0.05) is 0 Å². The number of thiophene rings is 1. The van der Waals surface area contributed by atoms with Crippen LogP contribution in [0.1, 0.15) is 25.7 Å². The molecule has 96 valence electrons. The van der Waals surface area contributed by atoms with Gasteiger partial charge in [0.1, 0.15) is 4.88 Å². The SMILES string of the molecule is Cc1sc(C(=O)O)cc1CN(C)Cc1ccoc1. The van der Waals surface area contributed by atoms with Crippen molar-refractivity contribution in [3.8, 4) is 0 Å². The molecule has 0 aliphatic carbocycles. The Hall–Kier alpha value is -1.59. The van der Waals surface area contributed by atoms with Crippen molar-refractivity contribution < 1.29 is 14.3 Å². The van der Waals surface area contributed by atoms with Crippen molar-refractivity contribution in [1.82, 2.24) is 4.90 Å². The number of aryl methyl sites for hydroxylation is 1. The lowest BCUT2D eigenvalue weighted by atomic mass is 10.2. The predicted octanol–water partition coefficient (Wildman–Crippen LogP) is 2.98. The topological polar surface area (TPSA) is 53.7 Å². The van der Waals surface area contributed by atoms with Crippen molar-refractivity contribution in [3.05, 3.63) is 45.5 Å². The van der Waals surface area contributed by atoms with Crippen molar-refractivity contribution in [1.29, 1.82) is 0 Å². The number of carbonyl (C=O) groups is 1. The fraction of sp³-hybridized carbons (Fsp3) is 0.308. The largest absolute Gasteiger partial charge is 0.477 e. The highest BCUT2D eigenvalue weighted by Gasteiger charge is 2.12. The molecule has 1 N–H and O–H groups in total. The minimum Gasteiger partial charge on any atom is -0.477 e. The minimum absolute atomic E-state index is 0.402. The van der Waals surface area contributed by atoms with Gasteiger partial charge in [-0.3, -0.25) is 4.90 Å². The molecule has 18 heavy (non-hydrogen) atoms. The van der Waals surface area contributed by atoms with Gasteiger partial charge in [0.15, 0.2) is 0 Å². The first kappa shape index (κ1) is 12.9. The zero-order chi connectivity index (χ0) is 13.1. The number of carboxylic acids is 1. The fourth-order valence-corrected chi connectivity index (χ4v) is 2.70. The summed E-state index contributed by atoms with van der Waals surface area (Å²) in [5.41, 5.74) is 2.19. The second-order valence-electron chi connectivity index (χ2n) is 4.30. The van der Waals surface area contributed by atoms with Crippen molar-refractivity contribution in [3.63, 3.8) is 0 Å². The zero-order valence-corrected chi connectivity index (χ0v) is 11.2. The highest BCUT2D eigenvalue weighted by Crippen LogP contribution is 2.23. The third-order valence-corrected chi connectivity index (χ3v) is 3.78. The van der Waals surface area contributed by atoms with Crippen LogP contribution >= 0.6 is 11.3 Å². The third kappa shape index (κ3) is 3.00. The van der Waals surface area contributed by atoms with Crippen LogP contribution in [0, 0.1) is 6.92 Å². The number of carboxylic acid groups (broad SMARTS) is 1. The lowest BCUT2D eigenvalue weighted by molar-refractivity contribution is 0.0702. The first-order valence-electron chi connectivity index (χ1n) is 5.58. The maximum atomic E-state index is 10.9. The van der Waals surface area contributed by atoms with Crippen LogP contribution in [0.15, 0.2) is 29.1 Å². The van der Waals surface area contributed by atoms with Gasteiger partial charge in [-0.15, -0.1) is 11.3 Å². The molecular formula is C13H15NO3S. The molecule has 4 nitrogen and oxygen atoms in total. The smallest absolute Gasteiger partial charge is 0.345 e. The molecular weight excluding hydrogens is 250 g/mol. The summed E-state index contributed by atoms with van der Waals surface area (Å²) in [5, 5.41) is 8.95. The van der Waals surface area contributed by atoms with Gasteiger partial charge in [0.05, 0.1) is 12.5 Å². The Morgan fingerprint density at radius 2 is 2.28 bits per heavy atom. The van der Waals surface area contributed by atoms with Crippen LogP contribution in [0.3, 0.4) is 0 Å². The third-order valence-electron chi connectivity index (χ3n) is 2.70. The van der Waals surface area contributed by atoms with E-state index in [1.807, 2.05) is 20.0 Å². The number of hydrogen-bond acceptors (Lipinski definition) is 4. The maximum absolute atomic E-state index is 10.9. The molecule has 2 aromatic heterocycles. The molecule has 2 heterocycles. The molecule has 2 rings (SSSR count).